The van der Waals surface area contributed by atoms with Gasteiger partial charge in [0.25, 0.3) is 5.91 Å². The van der Waals surface area contributed by atoms with Crippen LogP contribution in [0, 0.1) is 5.92 Å². The number of rotatable bonds is 0. The minimum atomic E-state index is -4.60. The minimum absolute atomic E-state index is 0.540. The SMILES string of the molecule is CN1C(=O)C2ON(C)C(C(F)(F)F)C2C1=O. The topological polar surface area (TPSA) is 49.9 Å². The lowest BCUT2D eigenvalue weighted by Crippen LogP contribution is -2.46. The summed E-state index contributed by atoms with van der Waals surface area (Å²) in [6, 6.07) is -2.06. The maximum atomic E-state index is 12.7. The molecule has 90 valence electrons. The van der Waals surface area contributed by atoms with Gasteiger partial charge in [-0.1, -0.05) is 0 Å². The fraction of sp³-hybridized carbons (Fsp3) is 0.750. The summed E-state index contributed by atoms with van der Waals surface area (Å²) in [5.41, 5.74) is 0. The molecule has 0 N–H and O–H groups in total. The first-order chi connectivity index (χ1) is 7.25. The quantitative estimate of drug-likeness (QED) is 0.547. The van der Waals surface area contributed by atoms with Crippen molar-refractivity contribution in [2.45, 2.75) is 18.3 Å². The first-order valence-corrected chi connectivity index (χ1v) is 4.53. The Bertz CT molecular complexity index is 357. The Morgan fingerprint density at radius 3 is 2.25 bits per heavy atom. The summed E-state index contributed by atoms with van der Waals surface area (Å²) >= 11 is 0. The second-order valence-electron chi connectivity index (χ2n) is 3.82. The van der Waals surface area contributed by atoms with Crippen molar-refractivity contribution >= 4 is 11.8 Å². The third kappa shape index (κ3) is 1.33. The standard InChI is InChI=1S/C8H9F3N2O3/c1-12-6(14)3-4(7(12)15)16-13(2)5(3)8(9,10)11/h3-5H,1-2H3. The molecule has 0 aromatic carbocycles. The molecule has 2 aliphatic rings. The molecule has 8 heteroatoms. The Kier molecular flexibility index (Phi) is 2.25. The maximum Gasteiger partial charge on any atom is 0.407 e. The molecule has 0 spiro atoms. The monoisotopic (exact) mass is 238 g/mol. The molecule has 2 heterocycles. The molecule has 3 atom stereocenters. The molecule has 2 rings (SSSR count). The second kappa shape index (κ2) is 3.17. The van der Waals surface area contributed by atoms with Crippen molar-refractivity contribution in [2.24, 2.45) is 5.92 Å². The van der Waals surface area contributed by atoms with Gasteiger partial charge in [-0.15, -0.1) is 0 Å². The predicted molar refractivity (Wildman–Crippen MR) is 43.7 cm³/mol. The van der Waals surface area contributed by atoms with Crippen LogP contribution in [0.15, 0.2) is 0 Å². The lowest BCUT2D eigenvalue weighted by atomic mass is 9.96. The molecule has 0 aromatic rings. The average Bonchev–Trinajstić information content (AvgIpc) is 2.58. The van der Waals surface area contributed by atoms with Gasteiger partial charge in [-0.3, -0.25) is 19.3 Å². The van der Waals surface area contributed by atoms with Crippen molar-refractivity contribution in [3.05, 3.63) is 0 Å². The molecule has 2 amide bonds. The molecule has 5 nitrogen and oxygen atoms in total. The van der Waals surface area contributed by atoms with Gasteiger partial charge < -0.3 is 0 Å². The van der Waals surface area contributed by atoms with E-state index in [0.29, 0.717) is 9.96 Å². The van der Waals surface area contributed by atoms with Crippen molar-refractivity contribution in [1.82, 2.24) is 9.96 Å². The number of amides is 2. The molecule has 2 aliphatic heterocycles. The van der Waals surface area contributed by atoms with Crippen LogP contribution in [0.25, 0.3) is 0 Å². The lowest BCUT2D eigenvalue weighted by molar-refractivity contribution is -0.236. The van der Waals surface area contributed by atoms with Crippen molar-refractivity contribution in [3.8, 4) is 0 Å². The van der Waals surface area contributed by atoms with Crippen LogP contribution < -0.4 is 0 Å². The number of hydroxylamine groups is 2. The average molecular weight is 238 g/mol. The van der Waals surface area contributed by atoms with Crippen LogP contribution in [0.4, 0.5) is 13.2 Å². The highest BCUT2D eigenvalue weighted by atomic mass is 19.4. The van der Waals surface area contributed by atoms with Crippen LogP contribution in [-0.4, -0.2) is 54.2 Å². The van der Waals surface area contributed by atoms with Crippen LogP contribution in [-0.2, 0) is 14.4 Å². The van der Waals surface area contributed by atoms with Crippen LogP contribution in [0.5, 0.6) is 0 Å². The molecular formula is C8H9F3N2O3. The van der Waals surface area contributed by atoms with E-state index in [4.69, 9.17) is 4.84 Å². The predicted octanol–water partition coefficient (Wildman–Crippen LogP) is -0.222. The Hall–Kier alpha value is -1.15. The largest absolute Gasteiger partial charge is 0.407 e. The molecule has 2 saturated heterocycles. The highest BCUT2D eigenvalue weighted by molar-refractivity contribution is 6.07. The first kappa shape index (κ1) is 11.3. The third-order valence-electron chi connectivity index (χ3n) is 2.86. The van der Waals surface area contributed by atoms with Gasteiger partial charge in [0.1, 0.15) is 12.0 Å². The maximum absolute atomic E-state index is 12.7. The Labute approximate surface area is 88.7 Å². The fourth-order valence-electron chi connectivity index (χ4n) is 2.10. The van der Waals surface area contributed by atoms with Gasteiger partial charge in [0.15, 0.2) is 6.10 Å². The molecule has 3 unspecified atom stereocenters. The van der Waals surface area contributed by atoms with Gasteiger partial charge in [0, 0.05) is 14.1 Å². The van der Waals surface area contributed by atoms with Gasteiger partial charge in [-0.2, -0.15) is 18.2 Å². The molecule has 16 heavy (non-hydrogen) atoms. The van der Waals surface area contributed by atoms with Crippen molar-refractivity contribution < 1.29 is 27.6 Å². The molecule has 2 fully saturated rings. The second-order valence-corrected chi connectivity index (χ2v) is 3.82. The van der Waals surface area contributed by atoms with Gasteiger partial charge >= 0.3 is 6.18 Å². The van der Waals surface area contributed by atoms with Crippen molar-refractivity contribution in [1.29, 1.82) is 0 Å². The van der Waals surface area contributed by atoms with E-state index >= 15 is 0 Å². The molecule has 0 saturated carbocycles. The summed E-state index contributed by atoms with van der Waals surface area (Å²) in [7, 11) is 2.22. The number of halogens is 3. The summed E-state index contributed by atoms with van der Waals surface area (Å²) < 4.78 is 38.0. The third-order valence-corrected chi connectivity index (χ3v) is 2.86. The number of likely N-dealkylation sites (N-methyl/N-ethyl adjacent to an activating group) is 1. The number of carbonyl (C=O) groups is 2. The number of fused-ring (bicyclic) bond motifs is 1. The van der Waals surface area contributed by atoms with E-state index in [9.17, 15) is 22.8 Å². The fourth-order valence-corrected chi connectivity index (χ4v) is 2.10. The first-order valence-electron chi connectivity index (χ1n) is 4.53. The highest BCUT2D eigenvalue weighted by Crippen LogP contribution is 2.41. The summed E-state index contributed by atoms with van der Waals surface area (Å²) in [4.78, 5) is 28.4. The zero-order valence-electron chi connectivity index (χ0n) is 8.49. The van der Waals surface area contributed by atoms with Crippen LogP contribution in [0.1, 0.15) is 0 Å². The number of likely N-dealkylation sites (tertiary alicyclic amines) is 1. The molecular weight excluding hydrogens is 229 g/mol. The van der Waals surface area contributed by atoms with E-state index in [1.54, 1.807) is 0 Å². The molecule has 0 aromatic heterocycles. The lowest BCUT2D eigenvalue weighted by Gasteiger charge is -2.24. The molecule has 0 radical (unpaired) electrons. The van der Waals surface area contributed by atoms with E-state index in [1.165, 1.54) is 0 Å². The van der Waals surface area contributed by atoms with Gasteiger partial charge in [0.2, 0.25) is 5.91 Å². The number of nitrogens with zero attached hydrogens (tertiary/aromatic N) is 2. The van der Waals surface area contributed by atoms with Gasteiger partial charge in [-0.05, 0) is 0 Å². The molecule has 0 aliphatic carbocycles. The van der Waals surface area contributed by atoms with E-state index in [1.807, 2.05) is 0 Å². The summed E-state index contributed by atoms with van der Waals surface area (Å²) in [5, 5.41) is 0.540. The van der Waals surface area contributed by atoms with Gasteiger partial charge in [0.05, 0.1) is 0 Å². The Morgan fingerprint density at radius 1 is 1.19 bits per heavy atom. The van der Waals surface area contributed by atoms with E-state index < -0.39 is 36.1 Å². The summed E-state index contributed by atoms with van der Waals surface area (Å²) in [6.07, 6.45) is -5.94. The van der Waals surface area contributed by atoms with E-state index in [-0.39, 0.29) is 0 Å². The van der Waals surface area contributed by atoms with Crippen LogP contribution >= 0.6 is 0 Å². The zero-order chi connectivity index (χ0) is 12.2. The van der Waals surface area contributed by atoms with Crippen molar-refractivity contribution in [3.63, 3.8) is 0 Å². The van der Waals surface area contributed by atoms with Gasteiger partial charge in [-0.25, -0.2) is 0 Å². The number of imide groups is 1. The number of hydrogen-bond acceptors (Lipinski definition) is 4. The highest BCUT2D eigenvalue weighted by Gasteiger charge is 2.65. The summed E-state index contributed by atoms with van der Waals surface area (Å²) in [6.45, 7) is 0. The Balaban J connectivity index is 2.37. The number of hydrogen-bond donors (Lipinski definition) is 0. The van der Waals surface area contributed by atoms with E-state index in [0.717, 1.165) is 14.1 Å². The smallest absolute Gasteiger partial charge is 0.284 e. The van der Waals surface area contributed by atoms with Crippen LogP contribution in [0.3, 0.4) is 0 Å². The number of alkyl halides is 3. The minimum Gasteiger partial charge on any atom is -0.284 e. The summed E-state index contributed by atoms with van der Waals surface area (Å²) in [5.74, 6) is -3.06. The zero-order valence-corrected chi connectivity index (χ0v) is 8.49. The van der Waals surface area contributed by atoms with Crippen LogP contribution in [0.2, 0.25) is 0 Å². The van der Waals surface area contributed by atoms with E-state index in [2.05, 4.69) is 0 Å². The molecule has 0 bridgehead atoms. The Morgan fingerprint density at radius 2 is 1.75 bits per heavy atom. The van der Waals surface area contributed by atoms with Crippen molar-refractivity contribution in [2.75, 3.05) is 14.1 Å². The normalized spacial score (nSPS) is 36.1. The number of carbonyl (C=O) groups excluding carboxylic acids is 2.